The number of amides is 1. The van der Waals surface area contributed by atoms with Crippen LogP contribution in [-0.4, -0.2) is 37.1 Å². The maximum Gasteiger partial charge on any atom is 0.234 e. The largest absolute Gasteiger partial charge is 0.324 e. The zero-order valence-electron chi connectivity index (χ0n) is 12.7. The highest BCUT2D eigenvalue weighted by Crippen LogP contribution is 2.25. The first kappa shape index (κ1) is 16.8. The Hall–Kier alpha value is -1.60. The highest BCUT2D eigenvalue weighted by molar-refractivity contribution is 8.00. The number of anilines is 1. The number of rotatable bonds is 6. The van der Waals surface area contributed by atoms with E-state index >= 15 is 0 Å². The molecule has 8 heteroatoms. The molecule has 118 valence electrons. The first-order valence-electron chi connectivity index (χ1n) is 6.91. The maximum absolute atomic E-state index is 12.1. The third-order valence-corrected chi connectivity index (χ3v) is 5.08. The summed E-state index contributed by atoms with van der Waals surface area (Å²) in [6, 6.07) is 5.23. The second-order valence-electron chi connectivity index (χ2n) is 5.23. The Morgan fingerprint density at radius 1 is 1.41 bits per heavy atom. The molecule has 0 fully saturated rings. The zero-order chi connectivity index (χ0) is 16.1. The topological polar surface area (TPSA) is 72.7 Å². The number of benzene rings is 1. The van der Waals surface area contributed by atoms with Crippen LogP contribution in [0.5, 0.6) is 0 Å². The summed E-state index contributed by atoms with van der Waals surface area (Å²) in [7, 11) is 0. The molecule has 0 aliphatic heterocycles. The van der Waals surface area contributed by atoms with Gasteiger partial charge in [-0.2, -0.15) is 0 Å². The number of hydrogen-bond donors (Lipinski definition) is 1. The molecule has 1 heterocycles. The van der Waals surface area contributed by atoms with Crippen molar-refractivity contribution in [2.24, 2.45) is 5.92 Å². The molecule has 1 N–H and O–H groups in total. The van der Waals surface area contributed by atoms with Crippen LogP contribution in [0.15, 0.2) is 24.5 Å². The van der Waals surface area contributed by atoms with Crippen molar-refractivity contribution in [1.82, 2.24) is 20.2 Å². The summed E-state index contributed by atoms with van der Waals surface area (Å²) in [6.45, 7) is 6.40. The molecule has 1 aromatic heterocycles. The van der Waals surface area contributed by atoms with Crippen LogP contribution in [0.4, 0.5) is 5.69 Å². The van der Waals surface area contributed by atoms with Gasteiger partial charge in [-0.1, -0.05) is 32.4 Å². The highest BCUT2D eigenvalue weighted by Gasteiger charge is 2.12. The number of aromatic nitrogens is 4. The normalized spacial score (nSPS) is 12.4. The van der Waals surface area contributed by atoms with Gasteiger partial charge in [-0.15, -0.1) is 16.9 Å². The quantitative estimate of drug-likeness (QED) is 0.875. The lowest BCUT2D eigenvalue weighted by Crippen LogP contribution is -2.18. The van der Waals surface area contributed by atoms with Crippen LogP contribution in [0.3, 0.4) is 0 Å². The minimum Gasteiger partial charge on any atom is -0.324 e. The summed E-state index contributed by atoms with van der Waals surface area (Å²) in [6.07, 6.45) is 1.48. The number of tetrazole rings is 1. The Bertz CT molecular complexity index is 632. The summed E-state index contributed by atoms with van der Waals surface area (Å²) >= 11 is 7.76. The Balaban J connectivity index is 2.03. The fourth-order valence-electron chi connectivity index (χ4n) is 1.62. The van der Waals surface area contributed by atoms with Crippen molar-refractivity contribution in [3.05, 3.63) is 29.5 Å². The van der Waals surface area contributed by atoms with Crippen molar-refractivity contribution in [2.45, 2.75) is 26.0 Å². The molecular formula is C14H18ClN5OS. The summed E-state index contributed by atoms with van der Waals surface area (Å²) in [5, 5.41) is 14.7. The number of carbonyl (C=O) groups excluding carboxylic acids is 1. The van der Waals surface area contributed by atoms with Gasteiger partial charge in [0.05, 0.1) is 22.2 Å². The van der Waals surface area contributed by atoms with Gasteiger partial charge >= 0.3 is 0 Å². The molecule has 1 aromatic carbocycles. The van der Waals surface area contributed by atoms with Crippen molar-refractivity contribution < 1.29 is 4.79 Å². The zero-order valence-corrected chi connectivity index (χ0v) is 14.2. The molecule has 1 atom stereocenters. The Morgan fingerprint density at radius 3 is 2.82 bits per heavy atom. The van der Waals surface area contributed by atoms with E-state index in [0.29, 0.717) is 27.6 Å². The summed E-state index contributed by atoms with van der Waals surface area (Å²) < 4.78 is 1.50. The minimum atomic E-state index is -0.0757. The van der Waals surface area contributed by atoms with E-state index < -0.39 is 0 Å². The molecular weight excluding hydrogens is 322 g/mol. The number of nitrogens with zero attached hydrogens (tertiary/aromatic N) is 4. The second-order valence-corrected chi connectivity index (χ2v) is 7.00. The third kappa shape index (κ3) is 4.45. The Labute approximate surface area is 138 Å². The third-order valence-electron chi connectivity index (χ3n) is 3.25. The Kier molecular flexibility index (Phi) is 5.79. The maximum atomic E-state index is 12.1. The molecule has 2 aromatic rings. The van der Waals surface area contributed by atoms with Gasteiger partial charge in [-0.05, 0) is 34.5 Å². The van der Waals surface area contributed by atoms with Crippen molar-refractivity contribution in [2.75, 3.05) is 11.1 Å². The standard InChI is InChI=1S/C14H18ClN5OS/c1-9(2)10(3)22-7-14(21)17-13-6-11(4-5-12(13)15)20-8-16-18-19-20/h4-6,8-10H,7H2,1-3H3,(H,17,21)/t10-/m1/s1. The second kappa shape index (κ2) is 7.60. The molecule has 2 rings (SSSR count). The molecule has 0 radical (unpaired) electrons. The van der Waals surface area contributed by atoms with E-state index in [4.69, 9.17) is 11.6 Å². The molecule has 0 aliphatic rings. The minimum absolute atomic E-state index is 0.0757. The summed E-state index contributed by atoms with van der Waals surface area (Å²) in [5.41, 5.74) is 1.28. The van der Waals surface area contributed by atoms with Gasteiger partial charge in [0, 0.05) is 5.25 Å². The van der Waals surface area contributed by atoms with Crippen LogP contribution in [0.1, 0.15) is 20.8 Å². The molecule has 22 heavy (non-hydrogen) atoms. The number of hydrogen-bond acceptors (Lipinski definition) is 5. The van der Waals surface area contributed by atoms with Crippen LogP contribution in [0.2, 0.25) is 5.02 Å². The first-order valence-corrected chi connectivity index (χ1v) is 8.34. The number of carbonyl (C=O) groups is 1. The van der Waals surface area contributed by atoms with E-state index in [0.717, 1.165) is 5.69 Å². The van der Waals surface area contributed by atoms with Gasteiger partial charge in [0.2, 0.25) is 5.91 Å². The lowest BCUT2D eigenvalue weighted by atomic mass is 10.2. The monoisotopic (exact) mass is 339 g/mol. The fraction of sp³-hybridized carbons (Fsp3) is 0.429. The van der Waals surface area contributed by atoms with E-state index in [1.165, 1.54) is 11.0 Å². The number of thioether (sulfide) groups is 1. The average Bonchev–Trinajstić information content (AvgIpc) is 3.01. The molecule has 0 unspecified atom stereocenters. The summed E-state index contributed by atoms with van der Waals surface area (Å²) in [4.78, 5) is 12.1. The lowest BCUT2D eigenvalue weighted by Gasteiger charge is -2.15. The predicted molar refractivity (Wildman–Crippen MR) is 89.6 cm³/mol. The van der Waals surface area contributed by atoms with Crippen LogP contribution < -0.4 is 5.32 Å². The van der Waals surface area contributed by atoms with Gasteiger partial charge < -0.3 is 5.32 Å². The molecule has 0 bridgehead atoms. The first-order chi connectivity index (χ1) is 10.5. The summed E-state index contributed by atoms with van der Waals surface area (Å²) in [5.74, 6) is 0.850. The van der Waals surface area contributed by atoms with Gasteiger partial charge in [0.25, 0.3) is 0 Å². The van der Waals surface area contributed by atoms with Gasteiger partial charge in [-0.25, -0.2) is 4.68 Å². The fourth-order valence-corrected chi connectivity index (χ4v) is 2.65. The Morgan fingerprint density at radius 2 is 2.18 bits per heavy atom. The van der Waals surface area contributed by atoms with E-state index in [1.54, 1.807) is 30.0 Å². The molecule has 6 nitrogen and oxygen atoms in total. The molecule has 1 amide bonds. The molecule has 0 aliphatic carbocycles. The number of nitrogens with one attached hydrogen (secondary N) is 1. The molecule has 0 saturated heterocycles. The van der Waals surface area contributed by atoms with Crippen LogP contribution in [0.25, 0.3) is 5.69 Å². The van der Waals surface area contributed by atoms with Crippen LogP contribution >= 0.6 is 23.4 Å². The van der Waals surface area contributed by atoms with Crippen LogP contribution in [-0.2, 0) is 4.79 Å². The van der Waals surface area contributed by atoms with Gasteiger partial charge in [0.1, 0.15) is 6.33 Å². The SMILES string of the molecule is CC(C)[C@@H](C)SCC(=O)Nc1cc(-n2cnnn2)ccc1Cl. The van der Waals surface area contributed by atoms with Gasteiger partial charge in [-0.3, -0.25) is 4.79 Å². The number of halogens is 1. The van der Waals surface area contributed by atoms with E-state index in [-0.39, 0.29) is 5.91 Å². The van der Waals surface area contributed by atoms with E-state index in [9.17, 15) is 4.79 Å². The highest BCUT2D eigenvalue weighted by atomic mass is 35.5. The molecule has 0 spiro atoms. The van der Waals surface area contributed by atoms with E-state index in [1.807, 2.05) is 0 Å². The van der Waals surface area contributed by atoms with E-state index in [2.05, 4.69) is 41.6 Å². The predicted octanol–water partition coefficient (Wildman–Crippen LogP) is 3.03. The van der Waals surface area contributed by atoms with Crippen molar-refractivity contribution in [3.8, 4) is 5.69 Å². The van der Waals surface area contributed by atoms with Crippen molar-refractivity contribution in [1.29, 1.82) is 0 Å². The smallest absolute Gasteiger partial charge is 0.234 e. The van der Waals surface area contributed by atoms with Gasteiger partial charge in [0.15, 0.2) is 0 Å². The van der Waals surface area contributed by atoms with Crippen LogP contribution in [0, 0.1) is 5.92 Å². The van der Waals surface area contributed by atoms with Crippen molar-refractivity contribution in [3.63, 3.8) is 0 Å². The lowest BCUT2D eigenvalue weighted by molar-refractivity contribution is -0.113. The average molecular weight is 340 g/mol. The van der Waals surface area contributed by atoms with Crippen molar-refractivity contribution >= 4 is 35.0 Å². The molecule has 0 saturated carbocycles.